The number of rotatable bonds is 5. The molecule has 2 aromatic heterocycles. The van der Waals surface area contributed by atoms with Gasteiger partial charge in [0.25, 0.3) is 0 Å². The van der Waals surface area contributed by atoms with Gasteiger partial charge in [0.15, 0.2) is 5.96 Å². The summed E-state index contributed by atoms with van der Waals surface area (Å²) in [5.41, 5.74) is 2.97. The number of aryl methyl sites for hydroxylation is 2. The second-order valence-corrected chi connectivity index (χ2v) is 5.59. The molecule has 0 amide bonds. The summed E-state index contributed by atoms with van der Waals surface area (Å²) in [6, 6.07) is 8.07. The molecule has 2 N–H and O–H groups in total. The number of hydrogen-bond acceptors (Lipinski definition) is 5. The molecule has 0 unspecified atom stereocenters. The van der Waals surface area contributed by atoms with E-state index in [0.717, 1.165) is 17.1 Å². The predicted molar refractivity (Wildman–Crippen MR) is 94.7 cm³/mol. The zero-order valence-corrected chi connectivity index (χ0v) is 14.5. The van der Waals surface area contributed by atoms with E-state index in [9.17, 15) is 0 Å². The number of aromatic nitrogens is 4. The molecule has 130 valence electrons. The van der Waals surface area contributed by atoms with Crippen LogP contribution in [0.15, 0.2) is 46.3 Å². The Balaban J connectivity index is 1.55. The Hall–Kier alpha value is -3.16. The van der Waals surface area contributed by atoms with Gasteiger partial charge >= 0.3 is 0 Å². The summed E-state index contributed by atoms with van der Waals surface area (Å²) < 4.78 is 7.27. The number of guanidine groups is 1. The number of oxazole rings is 1. The standard InChI is InChI=1S/C17H21N7O/c1-12-4-6-13(7-5-12)16-23-14(10-25-16)8-19-17(18-2)20-9-15-21-11-22-24(15)3/h4-7,10-11H,8-9H2,1-3H3,(H2,18,19,20). The van der Waals surface area contributed by atoms with Crippen molar-refractivity contribution in [3.63, 3.8) is 0 Å². The third-order valence-electron chi connectivity index (χ3n) is 3.73. The third-order valence-corrected chi connectivity index (χ3v) is 3.73. The summed E-state index contributed by atoms with van der Waals surface area (Å²) >= 11 is 0. The molecule has 8 heteroatoms. The summed E-state index contributed by atoms with van der Waals surface area (Å²) in [6.07, 6.45) is 3.17. The lowest BCUT2D eigenvalue weighted by Gasteiger charge is -2.10. The summed E-state index contributed by atoms with van der Waals surface area (Å²) in [7, 11) is 3.56. The van der Waals surface area contributed by atoms with Crippen molar-refractivity contribution in [3.05, 3.63) is 53.9 Å². The van der Waals surface area contributed by atoms with Crippen molar-refractivity contribution >= 4 is 5.96 Å². The zero-order valence-electron chi connectivity index (χ0n) is 14.5. The molecule has 1 aromatic carbocycles. The molecule has 0 spiro atoms. The number of hydrogen-bond donors (Lipinski definition) is 2. The molecule has 0 aliphatic rings. The van der Waals surface area contributed by atoms with Gasteiger partial charge in [0.05, 0.1) is 18.8 Å². The molecule has 3 rings (SSSR count). The molecule has 0 saturated heterocycles. The number of nitrogens with one attached hydrogen (secondary N) is 2. The van der Waals surface area contributed by atoms with Gasteiger partial charge in [-0.3, -0.25) is 9.67 Å². The largest absolute Gasteiger partial charge is 0.444 e. The van der Waals surface area contributed by atoms with Gasteiger partial charge in [0.1, 0.15) is 18.4 Å². The van der Waals surface area contributed by atoms with E-state index in [1.807, 2.05) is 38.2 Å². The predicted octanol–water partition coefficient (Wildman–Crippen LogP) is 1.64. The minimum absolute atomic E-state index is 0.508. The smallest absolute Gasteiger partial charge is 0.226 e. The van der Waals surface area contributed by atoms with Crippen LogP contribution in [0.4, 0.5) is 0 Å². The van der Waals surface area contributed by atoms with Crippen LogP contribution in [0.1, 0.15) is 17.1 Å². The van der Waals surface area contributed by atoms with Crippen molar-refractivity contribution in [1.82, 2.24) is 30.4 Å². The Labute approximate surface area is 146 Å². The number of benzene rings is 1. The van der Waals surface area contributed by atoms with Crippen LogP contribution in [0.2, 0.25) is 0 Å². The fourth-order valence-electron chi connectivity index (χ4n) is 2.25. The lowest BCUT2D eigenvalue weighted by atomic mass is 10.1. The van der Waals surface area contributed by atoms with Crippen LogP contribution in [0.5, 0.6) is 0 Å². The van der Waals surface area contributed by atoms with Crippen molar-refractivity contribution in [2.24, 2.45) is 12.0 Å². The van der Waals surface area contributed by atoms with Crippen LogP contribution in [-0.4, -0.2) is 32.8 Å². The maximum Gasteiger partial charge on any atom is 0.226 e. The Bertz CT molecular complexity index is 848. The lowest BCUT2D eigenvalue weighted by Crippen LogP contribution is -2.37. The van der Waals surface area contributed by atoms with Gasteiger partial charge in [-0.05, 0) is 19.1 Å². The van der Waals surface area contributed by atoms with Crippen LogP contribution < -0.4 is 10.6 Å². The second-order valence-electron chi connectivity index (χ2n) is 5.59. The van der Waals surface area contributed by atoms with Gasteiger partial charge in [0, 0.05) is 19.7 Å². The van der Waals surface area contributed by atoms with E-state index in [1.165, 1.54) is 11.9 Å². The monoisotopic (exact) mass is 339 g/mol. The van der Waals surface area contributed by atoms with E-state index in [-0.39, 0.29) is 0 Å². The molecule has 0 atom stereocenters. The van der Waals surface area contributed by atoms with Crippen molar-refractivity contribution in [2.75, 3.05) is 7.05 Å². The Kier molecular flexibility index (Phi) is 5.08. The SMILES string of the molecule is CN=C(NCc1coc(-c2ccc(C)cc2)n1)NCc1ncnn1C. The first-order chi connectivity index (χ1) is 12.2. The van der Waals surface area contributed by atoms with Gasteiger partial charge in [0.2, 0.25) is 5.89 Å². The summed E-state index contributed by atoms with van der Waals surface area (Å²) in [6.45, 7) is 3.09. The Morgan fingerprint density at radius 3 is 2.64 bits per heavy atom. The molecule has 0 saturated carbocycles. The van der Waals surface area contributed by atoms with Crippen LogP contribution in [-0.2, 0) is 20.1 Å². The van der Waals surface area contributed by atoms with Gasteiger partial charge in [-0.15, -0.1) is 0 Å². The summed E-state index contributed by atoms with van der Waals surface area (Å²) in [5.74, 6) is 2.09. The Morgan fingerprint density at radius 1 is 1.20 bits per heavy atom. The number of aliphatic imine (C=N–C) groups is 1. The van der Waals surface area contributed by atoms with Gasteiger partial charge < -0.3 is 15.1 Å². The zero-order chi connectivity index (χ0) is 17.6. The first kappa shape index (κ1) is 16.7. The lowest BCUT2D eigenvalue weighted by molar-refractivity contribution is 0.572. The molecular weight excluding hydrogens is 318 g/mol. The Morgan fingerprint density at radius 2 is 1.96 bits per heavy atom. The number of nitrogens with zero attached hydrogens (tertiary/aromatic N) is 5. The van der Waals surface area contributed by atoms with Crippen LogP contribution in [0.25, 0.3) is 11.5 Å². The molecule has 0 aliphatic heterocycles. The van der Waals surface area contributed by atoms with Crippen molar-refractivity contribution in [2.45, 2.75) is 20.0 Å². The molecule has 0 radical (unpaired) electrons. The molecule has 2 heterocycles. The first-order valence-corrected chi connectivity index (χ1v) is 7.94. The van der Waals surface area contributed by atoms with E-state index in [2.05, 4.69) is 30.7 Å². The van der Waals surface area contributed by atoms with Crippen molar-refractivity contribution in [3.8, 4) is 11.5 Å². The molecular formula is C17H21N7O. The van der Waals surface area contributed by atoms with Gasteiger partial charge in [-0.2, -0.15) is 5.10 Å². The second kappa shape index (κ2) is 7.61. The highest BCUT2D eigenvalue weighted by Gasteiger charge is 2.08. The highest BCUT2D eigenvalue weighted by atomic mass is 16.3. The van der Waals surface area contributed by atoms with E-state index < -0.39 is 0 Å². The summed E-state index contributed by atoms with van der Waals surface area (Å²) in [4.78, 5) is 12.9. The maximum atomic E-state index is 5.56. The third kappa shape index (κ3) is 4.23. The molecule has 0 bridgehead atoms. The molecule has 8 nitrogen and oxygen atoms in total. The van der Waals surface area contributed by atoms with Crippen LogP contribution >= 0.6 is 0 Å². The van der Waals surface area contributed by atoms with Crippen molar-refractivity contribution < 1.29 is 4.42 Å². The molecule has 0 fully saturated rings. The van der Waals surface area contributed by atoms with Crippen LogP contribution in [0, 0.1) is 6.92 Å². The van der Waals surface area contributed by atoms with E-state index in [1.54, 1.807) is 18.0 Å². The highest BCUT2D eigenvalue weighted by Crippen LogP contribution is 2.18. The van der Waals surface area contributed by atoms with E-state index in [4.69, 9.17) is 4.42 Å². The maximum absolute atomic E-state index is 5.56. The van der Waals surface area contributed by atoms with E-state index >= 15 is 0 Å². The fraction of sp³-hybridized carbons (Fsp3) is 0.294. The quantitative estimate of drug-likeness (QED) is 0.542. The fourth-order valence-corrected chi connectivity index (χ4v) is 2.25. The normalized spacial score (nSPS) is 11.6. The topological polar surface area (TPSA) is 93.2 Å². The first-order valence-electron chi connectivity index (χ1n) is 7.94. The molecule has 25 heavy (non-hydrogen) atoms. The average Bonchev–Trinajstić information content (AvgIpc) is 3.25. The minimum Gasteiger partial charge on any atom is -0.444 e. The molecule has 3 aromatic rings. The average molecular weight is 339 g/mol. The van der Waals surface area contributed by atoms with Gasteiger partial charge in [-0.25, -0.2) is 9.97 Å². The van der Waals surface area contributed by atoms with Gasteiger partial charge in [-0.1, -0.05) is 17.7 Å². The van der Waals surface area contributed by atoms with Crippen molar-refractivity contribution in [1.29, 1.82) is 0 Å². The minimum atomic E-state index is 0.508. The van der Waals surface area contributed by atoms with Crippen LogP contribution in [0.3, 0.4) is 0 Å². The van der Waals surface area contributed by atoms with E-state index in [0.29, 0.717) is 24.9 Å². The molecule has 0 aliphatic carbocycles. The summed E-state index contributed by atoms with van der Waals surface area (Å²) in [5, 5.41) is 10.4. The highest BCUT2D eigenvalue weighted by molar-refractivity contribution is 5.79.